The summed E-state index contributed by atoms with van der Waals surface area (Å²) in [5.74, 6) is -3.48. The summed E-state index contributed by atoms with van der Waals surface area (Å²) in [5.41, 5.74) is 7.77. The molecule has 2 aromatic heterocycles. The first kappa shape index (κ1) is 29.2. The van der Waals surface area contributed by atoms with Gasteiger partial charge in [0.1, 0.15) is 23.9 Å². The lowest BCUT2D eigenvalue weighted by Crippen LogP contribution is -2.58. The van der Waals surface area contributed by atoms with Crippen LogP contribution in [0.4, 0.5) is 0 Å². The van der Waals surface area contributed by atoms with E-state index in [0.29, 0.717) is 17.0 Å². The molecule has 0 radical (unpaired) electrons. The summed E-state index contributed by atoms with van der Waals surface area (Å²) >= 11 is 4.14. The fourth-order valence-electron chi connectivity index (χ4n) is 3.64. The molecule has 2 heterocycles. The van der Waals surface area contributed by atoms with Crippen molar-refractivity contribution >= 4 is 36.3 Å². The molecule has 0 bridgehead atoms. The number of aromatic nitrogens is 4. The molecule has 15 heteroatoms. The first-order valence-electron chi connectivity index (χ1n) is 11.9. The quantitative estimate of drug-likeness (QED) is 0.107. The van der Waals surface area contributed by atoms with Gasteiger partial charge in [-0.1, -0.05) is 12.1 Å². The second kappa shape index (κ2) is 14.0. The zero-order chi connectivity index (χ0) is 28.4. The smallest absolute Gasteiger partial charge is 0.326 e. The van der Waals surface area contributed by atoms with Gasteiger partial charge >= 0.3 is 5.97 Å². The number of thiol groups is 1. The average molecular weight is 559 g/mol. The largest absolute Gasteiger partial charge is 0.508 e. The van der Waals surface area contributed by atoms with Crippen molar-refractivity contribution in [1.29, 1.82) is 0 Å². The van der Waals surface area contributed by atoms with E-state index in [-0.39, 0.29) is 30.8 Å². The molecule has 0 aliphatic rings. The number of amides is 3. The number of phenolic OH excluding ortho intramolecular Hbond substituents is 1. The third kappa shape index (κ3) is 8.86. The molecule has 4 atom stereocenters. The van der Waals surface area contributed by atoms with Crippen molar-refractivity contribution < 1.29 is 29.4 Å². The van der Waals surface area contributed by atoms with E-state index in [0.717, 1.165) is 0 Å². The van der Waals surface area contributed by atoms with E-state index in [1.165, 1.54) is 37.2 Å². The molecule has 0 aliphatic carbocycles. The minimum Gasteiger partial charge on any atom is -0.508 e. The molecule has 14 nitrogen and oxygen atoms in total. The van der Waals surface area contributed by atoms with E-state index in [1.807, 2.05) is 0 Å². The topological polar surface area (TPSA) is 228 Å². The van der Waals surface area contributed by atoms with Crippen LogP contribution in [-0.2, 0) is 38.4 Å². The lowest BCUT2D eigenvalue weighted by molar-refractivity contribution is -0.142. The van der Waals surface area contributed by atoms with E-state index in [2.05, 4.69) is 48.5 Å². The van der Waals surface area contributed by atoms with E-state index >= 15 is 0 Å². The van der Waals surface area contributed by atoms with Gasteiger partial charge in [-0.15, -0.1) is 0 Å². The molecule has 9 N–H and O–H groups in total. The standard InChI is InChI=1S/C24H30N8O6S/c25-17(6-14-8-26-11-28-14)21(34)30-18(5-13-1-3-16(33)4-2-13)22(35)32-20(10-39)23(36)31-19(24(37)38)7-15-9-27-12-29-15/h1-4,8-9,11-12,17-20,33,39H,5-7,10,25H2,(H,26,28)(H,27,29)(H,30,34)(H,31,36)(H,32,35)(H,37,38). The normalized spacial score (nSPS) is 14.0. The van der Waals surface area contributed by atoms with Crippen molar-refractivity contribution in [1.82, 2.24) is 35.9 Å². The van der Waals surface area contributed by atoms with Gasteiger partial charge in [0.2, 0.25) is 17.7 Å². The lowest BCUT2D eigenvalue weighted by Gasteiger charge is -2.24. The highest BCUT2D eigenvalue weighted by Gasteiger charge is 2.30. The molecule has 3 aromatic rings. The first-order chi connectivity index (χ1) is 18.7. The van der Waals surface area contributed by atoms with Crippen LogP contribution < -0.4 is 21.7 Å². The van der Waals surface area contributed by atoms with Crippen molar-refractivity contribution in [2.45, 2.75) is 43.4 Å². The van der Waals surface area contributed by atoms with Gasteiger partial charge in [-0.05, 0) is 17.7 Å². The highest BCUT2D eigenvalue weighted by atomic mass is 32.1. The zero-order valence-electron chi connectivity index (χ0n) is 20.7. The SMILES string of the molecule is NC(Cc1cnc[nH]1)C(=O)NC(Cc1ccc(O)cc1)C(=O)NC(CS)C(=O)NC(Cc1cnc[nH]1)C(=O)O. The Bertz CT molecular complexity index is 1240. The van der Waals surface area contributed by atoms with Crippen LogP contribution in [0.15, 0.2) is 49.3 Å². The Kier molecular flexibility index (Phi) is 10.5. The van der Waals surface area contributed by atoms with Crippen molar-refractivity contribution in [3.8, 4) is 5.75 Å². The number of benzene rings is 1. The highest BCUT2D eigenvalue weighted by molar-refractivity contribution is 7.80. The van der Waals surface area contributed by atoms with Crippen LogP contribution in [0.25, 0.3) is 0 Å². The van der Waals surface area contributed by atoms with Crippen molar-refractivity contribution in [3.63, 3.8) is 0 Å². The minimum absolute atomic E-state index is 0.0209. The van der Waals surface area contributed by atoms with Crippen LogP contribution in [0.1, 0.15) is 17.0 Å². The summed E-state index contributed by atoms with van der Waals surface area (Å²) in [7, 11) is 0. The molecule has 3 rings (SSSR count). The molecule has 0 saturated carbocycles. The number of rotatable bonds is 14. The Morgan fingerprint density at radius 2 is 1.36 bits per heavy atom. The monoisotopic (exact) mass is 558 g/mol. The van der Waals surface area contributed by atoms with Gasteiger partial charge < -0.3 is 41.9 Å². The second-order valence-electron chi connectivity index (χ2n) is 8.74. The summed E-state index contributed by atoms with van der Waals surface area (Å²) < 4.78 is 0. The van der Waals surface area contributed by atoms with Crippen LogP contribution in [0.5, 0.6) is 5.75 Å². The van der Waals surface area contributed by atoms with Gasteiger partial charge in [0.25, 0.3) is 0 Å². The average Bonchev–Trinajstić information content (AvgIpc) is 3.62. The first-order valence-corrected chi connectivity index (χ1v) is 12.5. The van der Waals surface area contributed by atoms with Gasteiger partial charge in [-0.2, -0.15) is 12.6 Å². The Morgan fingerprint density at radius 3 is 1.90 bits per heavy atom. The fourth-order valence-corrected chi connectivity index (χ4v) is 3.89. The van der Waals surface area contributed by atoms with E-state index in [9.17, 15) is 29.4 Å². The van der Waals surface area contributed by atoms with E-state index < -0.39 is 47.9 Å². The Morgan fingerprint density at radius 1 is 0.821 bits per heavy atom. The minimum atomic E-state index is -1.29. The summed E-state index contributed by atoms with van der Waals surface area (Å²) in [4.78, 5) is 64.0. The number of nitrogens with one attached hydrogen (secondary N) is 5. The maximum Gasteiger partial charge on any atom is 0.326 e. The number of aromatic hydroxyl groups is 1. The number of aliphatic carboxylic acids is 1. The van der Waals surface area contributed by atoms with Crippen LogP contribution in [0, 0.1) is 0 Å². The van der Waals surface area contributed by atoms with Crippen LogP contribution in [-0.4, -0.2) is 83.8 Å². The second-order valence-corrected chi connectivity index (χ2v) is 9.11. The number of carbonyl (C=O) groups is 4. The van der Waals surface area contributed by atoms with Gasteiger partial charge in [0, 0.05) is 48.8 Å². The lowest BCUT2D eigenvalue weighted by atomic mass is 10.0. The molecule has 0 fully saturated rings. The molecule has 0 saturated heterocycles. The maximum atomic E-state index is 13.3. The number of H-pyrrole nitrogens is 2. The number of carboxylic acids is 1. The van der Waals surface area contributed by atoms with Crippen molar-refractivity contribution in [2.75, 3.05) is 5.75 Å². The molecule has 208 valence electrons. The molecule has 0 spiro atoms. The molecular weight excluding hydrogens is 528 g/mol. The van der Waals surface area contributed by atoms with Gasteiger partial charge in [0.15, 0.2) is 0 Å². The third-order valence-electron chi connectivity index (χ3n) is 5.75. The van der Waals surface area contributed by atoms with E-state index in [4.69, 9.17) is 5.73 Å². The Hall–Kier alpha value is -4.37. The summed E-state index contributed by atoms with van der Waals surface area (Å²) in [6, 6.07) is 1.41. The predicted molar refractivity (Wildman–Crippen MR) is 142 cm³/mol. The molecule has 4 unspecified atom stereocenters. The summed E-state index contributed by atoms with van der Waals surface area (Å²) in [6.07, 6.45) is 5.92. The number of carboxylic acid groups (broad SMARTS) is 1. The highest BCUT2D eigenvalue weighted by Crippen LogP contribution is 2.12. The number of nitrogens with two attached hydrogens (primary N) is 1. The summed E-state index contributed by atoms with van der Waals surface area (Å²) in [6.45, 7) is 0. The molecule has 39 heavy (non-hydrogen) atoms. The number of hydrogen-bond donors (Lipinski definition) is 9. The number of imidazole rings is 2. The number of nitrogens with zero attached hydrogens (tertiary/aromatic N) is 2. The fraction of sp³-hybridized carbons (Fsp3) is 0.333. The zero-order valence-corrected chi connectivity index (χ0v) is 21.6. The van der Waals surface area contributed by atoms with Crippen LogP contribution in [0.3, 0.4) is 0 Å². The van der Waals surface area contributed by atoms with Crippen LogP contribution >= 0.6 is 12.6 Å². The predicted octanol–water partition coefficient (Wildman–Crippen LogP) is -1.34. The van der Waals surface area contributed by atoms with E-state index in [1.54, 1.807) is 12.1 Å². The van der Waals surface area contributed by atoms with Gasteiger partial charge in [0.05, 0.1) is 18.7 Å². The molecule has 3 amide bonds. The van der Waals surface area contributed by atoms with Crippen LogP contribution in [0.2, 0.25) is 0 Å². The van der Waals surface area contributed by atoms with Gasteiger partial charge in [-0.3, -0.25) is 14.4 Å². The third-order valence-corrected chi connectivity index (χ3v) is 6.11. The summed E-state index contributed by atoms with van der Waals surface area (Å²) in [5, 5.41) is 26.6. The number of hydrogen-bond acceptors (Lipinski definition) is 9. The number of aromatic amines is 2. The maximum absolute atomic E-state index is 13.3. The molecule has 0 aliphatic heterocycles. The van der Waals surface area contributed by atoms with Crippen molar-refractivity contribution in [3.05, 3.63) is 66.3 Å². The molecular formula is C24H30N8O6S. The Balaban J connectivity index is 1.70. The molecule has 1 aromatic carbocycles. The number of carbonyl (C=O) groups excluding carboxylic acids is 3. The Labute approximate surface area is 228 Å². The van der Waals surface area contributed by atoms with Crippen molar-refractivity contribution in [2.24, 2.45) is 5.73 Å². The van der Waals surface area contributed by atoms with Gasteiger partial charge in [-0.25, -0.2) is 14.8 Å². The number of phenols is 1.